The molecule has 1 aromatic carbocycles. The molecule has 3 nitrogen and oxygen atoms in total. The van der Waals surface area contributed by atoms with Crippen LogP contribution >= 0.6 is 12.4 Å². The summed E-state index contributed by atoms with van der Waals surface area (Å²) in [5.41, 5.74) is 0.576. The molecule has 1 amide bonds. The van der Waals surface area contributed by atoms with E-state index in [0.29, 0.717) is 5.69 Å². The average molecular weight is 337 g/mol. The monoisotopic (exact) mass is 336 g/mol. The normalized spacial score (nSPS) is 21.8. The van der Waals surface area contributed by atoms with Crippen LogP contribution in [0.4, 0.5) is 18.9 Å². The van der Waals surface area contributed by atoms with Crippen molar-refractivity contribution in [2.24, 2.45) is 5.92 Å². The van der Waals surface area contributed by atoms with E-state index in [1.165, 1.54) is 18.2 Å². The lowest BCUT2D eigenvalue weighted by molar-refractivity contribution is -0.127. The van der Waals surface area contributed by atoms with Crippen LogP contribution in [0.15, 0.2) is 24.3 Å². The minimum Gasteiger partial charge on any atom is -0.326 e. The summed E-state index contributed by atoms with van der Waals surface area (Å²) in [6, 6.07) is 6.22. The molecule has 2 rings (SSSR count). The highest BCUT2D eigenvalue weighted by Gasteiger charge is 2.28. The lowest BCUT2D eigenvalue weighted by Gasteiger charge is -2.27. The number of hydrogen-bond donors (Lipinski definition) is 2. The third kappa shape index (κ3) is 5.85. The Kier molecular flexibility index (Phi) is 6.68. The van der Waals surface area contributed by atoms with Crippen LogP contribution in [0.2, 0.25) is 0 Å². The van der Waals surface area contributed by atoms with Crippen LogP contribution in [0.25, 0.3) is 0 Å². The van der Waals surface area contributed by atoms with E-state index in [2.05, 4.69) is 10.6 Å². The number of carbonyl (C=O) groups is 1. The first-order valence-corrected chi connectivity index (χ1v) is 7.03. The predicted octanol–water partition coefficient (Wildman–Crippen LogP) is 3.54. The molecule has 124 valence electrons. The molecule has 7 heteroatoms. The average Bonchev–Trinajstić information content (AvgIpc) is 2.37. The van der Waals surface area contributed by atoms with Gasteiger partial charge in [0.25, 0.3) is 0 Å². The number of benzene rings is 1. The molecule has 0 spiro atoms. The molecule has 0 unspecified atom stereocenters. The van der Waals surface area contributed by atoms with Crippen molar-refractivity contribution in [3.8, 4) is 0 Å². The summed E-state index contributed by atoms with van der Waals surface area (Å²) in [5.74, 6) is -0.208. The molecule has 1 fully saturated rings. The van der Waals surface area contributed by atoms with Gasteiger partial charge in [-0.2, -0.15) is 13.2 Å². The number of nitrogens with one attached hydrogen (secondary N) is 2. The van der Waals surface area contributed by atoms with Crippen molar-refractivity contribution in [1.82, 2.24) is 5.32 Å². The molecule has 2 N–H and O–H groups in total. The molecule has 1 saturated heterocycles. The Labute approximate surface area is 134 Å². The highest BCUT2D eigenvalue weighted by molar-refractivity contribution is 5.92. The van der Waals surface area contributed by atoms with Gasteiger partial charge in [0.05, 0.1) is 6.42 Å². The largest absolute Gasteiger partial charge is 0.393 e. The lowest BCUT2D eigenvalue weighted by atomic mass is 9.92. The third-order valence-electron chi connectivity index (χ3n) is 3.59. The van der Waals surface area contributed by atoms with E-state index >= 15 is 0 Å². The van der Waals surface area contributed by atoms with E-state index in [1.807, 2.05) is 6.92 Å². The fraction of sp³-hybridized carbons (Fsp3) is 0.533. The Hall–Kier alpha value is -1.27. The molecule has 1 aromatic rings. The summed E-state index contributed by atoms with van der Waals surface area (Å²) in [6.45, 7) is 2.80. The molecule has 0 bridgehead atoms. The van der Waals surface area contributed by atoms with Gasteiger partial charge in [0.15, 0.2) is 0 Å². The number of amides is 1. The van der Waals surface area contributed by atoms with Crippen LogP contribution in [0.1, 0.15) is 25.3 Å². The van der Waals surface area contributed by atoms with Crippen LogP contribution in [-0.4, -0.2) is 24.7 Å². The second-order valence-electron chi connectivity index (χ2n) is 5.56. The highest BCUT2D eigenvalue weighted by atomic mass is 35.5. The van der Waals surface area contributed by atoms with Gasteiger partial charge in [0.1, 0.15) is 0 Å². The zero-order valence-corrected chi connectivity index (χ0v) is 13.1. The van der Waals surface area contributed by atoms with Crippen molar-refractivity contribution in [3.63, 3.8) is 0 Å². The third-order valence-corrected chi connectivity index (χ3v) is 3.59. The van der Waals surface area contributed by atoms with Gasteiger partial charge in [-0.25, -0.2) is 0 Å². The van der Waals surface area contributed by atoms with Gasteiger partial charge in [-0.05, 0) is 44.0 Å². The minimum atomic E-state index is -4.24. The van der Waals surface area contributed by atoms with Crippen LogP contribution in [0.5, 0.6) is 0 Å². The molecule has 1 aliphatic heterocycles. The van der Waals surface area contributed by atoms with Crippen molar-refractivity contribution >= 4 is 24.0 Å². The minimum absolute atomic E-state index is 0. The Morgan fingerprint density at radius 2 is 2.14 bits per heavy atom. The maximum Gasteiger partial charge on any atom is 0.393 e. The van der Waals surface area contributed by atoms with Crippen molar-refractivity contribution < 1.29 is 18.0 Å². The van der Waals surface area contributed by atoms with Gasteiger partial charge in [-0.1, -0.05) is 12.1 Å². The molecular weight excluding hydrogens is 317 g/mol. The Morgan fingerprint density at radius 3 is 2.77 bits per heavy atom. The van der Waals surface area contributed by atoms with E-state index < -0.39 is 12.6 Å². The fourth-order valence-electron chi connectivity index (χ4n) is 2.60. The fourth-order valence-corrected chi connectivity index (χ4v) is 2.60. The van der Waals surface area contributed by atoms with E-state index in [4.69, 9.17) is 0 Å². The van der Waals surface area contributed by atoms with Gasteiger partial charge in [0, 0.05) is 17.6 Å². The number of alkyl halides is 3. The van der Waals surface area contributed by atoms with E-state index in [-0.39, 0.29) is 35.8 Å². The highest BCUT2D eigenvalue weighted by Crippen LogP contribution is 2.24. The summed E-state index contributed by atoms with van der Waals surface area (Å²) < 4.78 is 37.1. The number of piperidine rings is 1. The quantitative estimate of drug-likeness (QED) is 0.886. The first kappa shape index (κ1) is 18.8. The Balaban J connectivity index is 0.00000242. The van der Waals surface area contributed by atoms with E-state index in [0.717, 1.165) is 19.4 Å². The molecule has 1 aliphatic rings. The van der Waals surface area contributed by atoms with Crippen molar-refractivity contribution in [1.29, 1.82) is 0 Å². The molecule has 22 heavy (non-hydrogen) atoms. The predicted molar refractivity (Wildman–Crippen MR) is 82.3 cm³/mol. The molecule has 0 radical (unpaired) electrons. The molecule has 1 heterocycles. The van der Waals surface area contributed by atoms with Gasteiger partial charge >= 0.3 is 6.18 Å². The topological polar surface area (TPSA) is 41.1 Å². The van der Waals surface area contributed by atoms with Gasteiger partial charge in [0.2, 0.25) is 5.91 Å². The van der Waals surface area contributed by atoms with Gasteiger partial charge in [-0.15, -0.1) is 12.4 Å². The van der Waals surface area contributed by atoms with E-state index in [9.17, 15) is 18.0 Å². The number of rotatable bonds is 3. The first-order chi connectivity index (χ1) is 9.83. The Morgan fingerprint density at radius 1 is 1.41 bits per heavy atom. The zero-order chi connectivity index (χ0) is 15.5. The number of halogens is 4. The molecule has 0 aliphatic carbocycles. The van der Waals surface area contributed by atoms with E-state index in [1.54, 1.807) is 6.07 Å². The lowest BCUT2D eigenvalue weighted by Crippen LogP contribution is -2.40. The number of anilines is 1. The van der Waals surface area contributed by atoms with Crippen LogP contribution < -0.4 is 10.6 Å². The van der Waals surface area contributed by atoms with Crippen LogP contribution in [-0.2, 0) is 11.2 Å². The Bertz CT molecular complexity index is 508. The summed E-state index contributed by atoms with van der Waals surface area (Å²) >= 11 is 0. The standard InChI is InChI=1S/C15H19F3N2O.ClH/c1-10-7-12(5-6-19-10)14(21)20-13-4-2-3-11(8-13)9-15(16,17)18;/h2-4,8,10,12,19H,5-7,9H2,1H3,(H,20,21);1H/t10-,12-;/m0./s1. The van der Waals surface area contributed by atoms with Crippen molar-refractivity contribution in [2.75, 3.05) is 11.9 Å². The smallest absolute Gasteiger partial charge is 0.326 e. The molecule has 0 saturated carbocycles. The second-order valence-corrected chi connectivity index (χ2v) is 5.56. The van der Waals surface area contributed by atoms with Crippen molar-refractivity contribution in [2.45, 2.75) is 38.4 Å². The van der Waals surface area contributed by atoms with Crippen LogP contribution in [0, 0.1) is 5.92 Å². The summed E-state index contributed by atoms with van der Waals surface area (Å²) in [7, 11) is 0. The summed E-state index contributed by atoms with van der Waals surface area (Å²) in [6.07, 6.45) is -3.74. The summed E-state index contributed by atoms with van der Waals surface area (Å²) in [5, 5.41) is 5.98. The molecular formula is C15H20ClF3N2O. The summed E-state index contributed by atoms with van der Waals surface area (Å²) in [4.78, 5) is 12.1. The number of carbonyl (C=O) groups excluding carboxylic acids is 1. The van der Waals surface area contributed by atoms with Crippen LogP contribution in [0.3, 0.4) is 0 Å². The SMILES string of the molecule is C[C@H]1C[C@@H](C(=O)Nc2cccc(CC(F)(F)F)c2)CCN1.Cl. The second kappa shape index (κ2) is 7.83. The first-order valence-electron chi connectivity index (χ1n) is 7.03. The zero-order valence-electron chi connectivity index (χ0n) is 12.2. The maximum atomic E-state index is 12.4. The van der Waals surface area contributed by atoms with Crippen molar-refractivity contribution in [3.05, 3.63) is 29.8 Å². The number of hydrogen-bond acceptors (Lipinski definition) is 2. The molecule has 0 aromatic heterocycles. The maximum absolute atomic E-state index is 12.4. The van der Waals surface area contributed by atoms with Gasteiger partial charge < -0.3 is 10.6 Å². The molecule has 2 atom stereocenters. The van der Waals surface area contributed by atoms with Gasteiger partial charge in [-0.3, -0.25) is 4.79 Å².